The van der Waals surface area contributed by atoms with Crippen LogP contribution in [0.3, 0.4) is 0 Å². The third-order valence-corrected chi connectivity index (χ3v) is 1.10. The Balaban J connectivity index is 2.66. The lowest BCUT2D eigenvalue weighted by Gasteiger charge is -2.19. The van der Waals surface area contributed by atoms with Crippen molar-refractivity contribution in [3.63, 3.8) is 0 Å². The van der Waals surface area contributed by atoms with E-state index in [1.165, 1.54) is 0 Å². The maximum atomic E-state index is 10.6. The van der Waals surface area contributed by atoms with Crippen LogP contribution in [0.4, 0.5) is 4.79 Å². The standard InChI is InChI=1S/C4H7N5O2/c5-9-2-3(1-6-11)7-8-4(9)10/h1,11H,2,5H2,(H,8,10). The molecule has 1 aliphatic heterocycles. The molecular weight excluding hydrogens is 150 g/mol. The van der Waals surface area contributed by atoms with E-state index in [4.69, 9.17) is 11.0 Å². The molecule has 0 bridgehead atoms. The van der Waals surface area contributed by atoms with E-state index in [1.807, 2.05) is 0 Å². The van der Waals surface area contributed by atoms with Crippen LogP contribution in [0.2, 0.25) is 0 Å². The molecule has 0 aromatic heterocycles. The number of carbonyl (C=O) groups excluding carboxylic acids is 1. The van der Waals surface area contributed by atoms with Crippen LogP contribution in [0.15, 0.2) is 10.3 Å². The lowest BCUT2D eigenvalue weighted by atomic mass is 10.4. The Bertz CT molecular complexity index is 223. The molecule has 0 aromatic rings. The minimum Gasteiger partial charge on any atom is -0.411 e. The molecule has 4 N–H and O–H groups in total. The Morgan fingerprint density at radius 2 is 2.64 bits per heavy atom. The van der Waals surface area contributed by atoms with Gasteiger partial charge in [-0.2, -0.15) is 5.10 Å². The predicted molar refractivity (Wildman–Crippen MR) is 37.1 cm³/mol. The van der Waals surface area contributed by atoms with Crippen LogP contribution in [0.5, 0.6) is 0 Å². The first-order valence-corrected chi connectivity index (χ1v) is 2.80. The first-order chi connectivity index (χ1) is 5.24. The summed E-state index contributed by atoms with van der Waals surface area (Å²) in [5.74, 6) is 5.20. The van der Waals surface area contributed by atoms with Crippen molar-refractivity contribution in [3.8, 4) is 0 Å². The second kappa shape index (κ2) is 2.97. The molecule has 60 valence electrons. The molecule has 0 aromatic carbocycles. The smallest absolute Gasteiger partial charge is 0.352 e. The molecule has 1 aliphatic rings. The van der Waals surface area contributed by atoms with Crippen molar-refractivity contribution < 1.29 is 10.0 Å². The zero-order valence-electron chi connectivity index (χ0n) is 5.56. The van der Waals surface area contributed by atoms with Gasteiger partial charge in [-0.15, -0.1) is 0 Å². The summed E-state index contributed by atoms with van der Waals surface area (Å²) in [4.78, 5) is 10.6. The lowest BCUT2D eigenvalue weighted by Crippen LogP contribution is -2.50. The molecule has 0 saturated carbocycles. The van der Waals surface area contributed by atoms with Gasteiger partial charge in [0.25, 0.3) is 0 Å². The van der Waals surface area contributed by atoms with Gasteiger partial charge in [-0.3, -0.25) is 5.01 Å². The highest BCUT2D eigenvalue weighted by Crippen LogP contribution is 1.88. The quantitative estimate of drug-likeness (QED) is 0.145. The van der Waals surface area contributed by atoms with E-state index < -0.39 is 6.03 Å². The van der Waals surface area contributed by atoms with Crippen LogP contribution in [0.25, 0.3) is 0 Å². The van der Waals surface area contributed by atoms with E-state index in [0.717, 1.165) is 11.2 Å². The van der Waals surface area contributed by atoms with Crippen LogP contribution in [-0.2, 0) is 0 Å². The molecule has 0 radical (unpaired) electrons. The third-order valence-electron chi connectivity index (χ3n) is 1.10. The molecule has 0 saturated heterocycles. The molecule has 0 fully saturated rings. The van der Waals surface area contributed by atoms with Crippen molar-refractivity contribution in [1.82, 2.24) is 10.4 Å². The third kappa shape index (κ3) is 1.64. The van der Waals surface area contributed by atoms with E-state index in [9.17, 15) is 4.79 Å². The molecular formula is C4H7N5O2. The number of nitrogens with zero attached hydrogens (tertiary/aromatic N) is 3. The highest BCUT2D eigenvalue weighted by Gasteiger charge is 2.15. The molecule has 0 aliphatic carbocycles. The molecule has 11 heavy (non-hydrogen) atoms. The molecule has 1 heterocycles. The number of rotatable bonds is 1. The Labute approximate surface area is 62.1 Å². The van der Waals surface area contributed by atoms with Crippen LogP contribution in [-0.4, -0.2) is 34.7 Å². The Morgan fingerprint density at radius 1 is 1.91 bits per heavy atom. The van der Waals surface area contributed by atoms with Crippen LogP contribution in [0.1, 0.15) is 0 Å². The van der Waals surface area contributed by atoms with Gasteiger partial charge in [-0.25, -0.2) is 16.1 Å². The first-order valence-electron chi connectivity index (χ1n) is 2.80. The van der Waals surface area contributed by atoms with Gasteiger partial charge in [0.05, 0.1) is 12.8 Å². The highest BCUT2D eigenvalue weighted by atomic mass is 16.4. The van der Waals surface area contributed by atoms with Gasteiger partial charge in [0.15, 0.2) is 0 Å². The minimum atomic E-state index is -0.486. The topological polar surface area (TPSA) is 103 Å². The molecule has 7 nitrogen and oxygen atoms in total. The average Bonchev–Trinajstić information content (AvgIpc) is 1.98. The van der Waals surface area contributed by atoms with E-state index in [-0.39, 0.29) is 6.54 Å². The Hall–Kier alpha value is -1.63. The van der Waals surface area contributed by atoms with Crippen molar-refractivity contribution in [2.75, 3.05) is 6.54 Å². The summed E-state index contributed by atoms with van der Waals surface area (Å²) < 4.78 is 0. The number of nitrogens with two attached hydrogens (primary N) is 1. The summed E-state index contributed by atoms with van der Waals surface area (Å²) in [6.45, 7) is 0.135. The van der Waals surface area contributed by atoms with E-state index in [0.29, 0.717) is 5.71 Å². The van der Waals surface area contributed by atoms with Crippen molar-refractivity contribution >= 4 is 18.0 Å². The zero-order chi connectivity index (χ0) is 8.27. The summed E-state index contributed by atoms with van der Waals surface area (Å²) in [5.41, 5.74) is 2.50. The van der Waals surface area contributed by atoms with E-state index in [2.05, 4.69) is 15.7 Å². The van der Waals surface area contributed by atoms with Crippen LogP contribution in [0, 0.1) is 0 Å². The average molecular weight is 157 g/mol. The van der Waals surface area contributed by atoms with Gasteiger partial charge in [-0.1, -0.05) is 5.16 Å². The fourth-order valence-corrected chi connectivity index (χ4v) is 0.602. The number of oxime groups is 1. The fourth-order valence-electron chi connectivity index (χ4n) is 0.602. The van der Waals surface area contributed by atoms with Gasteiger partial charge in [-0.05, 0) is 0 Å². The summed E-state index contributed by atoms with van der Waals surface area (Å²) >= 11 is 0. The number of hydrazine groups is 1. The normalized spacial score (nSPS) is 18.5. The molecule has 0 unspecified atom stereocenters. The van der Waals surface area contributed by atoms with Crippen molar-refractivity contribution in [2.45, 2.75) is 0 Å². The molecule has 0 spiro atoms. The largest absolute Gasteiger partial charge is 0.411 e. The summed E-state index contributed by atoms with van der Waals surface area (Å²) in [7, 11) is 0. The van der Waals surface area contributed by atoms with Gasteiger partial charge in [0.2, 0.25) is 0 Å². The lowest BCUT2D eigenvalue weighted by molar-refractivity contribution is 0.203. The molecule has 1 rings (SSSR count). The summed E-state index contributed by atoms with van der Waals surface area (Å²) in [5, 5.41) is 15.3. The van der Waals surface area contributed by atoms with Crippen molar-refractivity contribution in [3.05, 3.63) is 0 Å². The molecule has 0 atom stereocenters. The Morgan fingerprint density at radius 3 is 3.18 bits per heavy atom. The minimum absolute atomic E-state index is 0.135. The van der Waals surface area contributed by atoms with Gasteiger partial charge < -0.3 is 5.21 Å². The monoisotopic (exact) mass is 157 g/mol. The molecule has 2 amide bonds. The maximum Gasteiger partial charge on any atom is 0.352 e. The zero-order valence-corrected chi connectivity index (χ0v) is 5.56. The number of hydrazone groups is 1. The predicted octanol–water partition coefficient (Wildman–Crippen LogP) is -1.30. The number of hydrogen-bond donors (Lipinski definition) is 3. The van der Waals surface area contributed by atoms with Crippen LogP contribution < -0.4 is 11.3 Å². The van der Waals surface area contributed by atoms with Crippen LogP contribution >= 0.6 is 0 Å². The Kier molecular flexibility index (Phi) is 2.02. The number of carbonyl (C=O) groups is 1. The number of hydrogen-bond acceptors (Lipinski definition) is 5. The van der Waals surface area contributed by atoms with Crippen molar-refractivity contribution in [2.24, 2.45) is 16.1 Å². The molecule has 7 heteroatoms. The van der Waals surface area contributed by atoms with Gasteiger partial charge in [0.1, 0.15) is 5.71 Å². The van der Waals surface area contributed by atoms with Gasteiger partial charge in [0, 0.05) is 0 Å². The first kappa shape index (κ1) is 7.48. The number of nitrogens with one attached hydrogen (secondary N) is 1. The second-order valence-electron chi connectivity index (χ2n) is 1.89. The second-order valence-corrected chi connectivity index (χ2v) is 1.89. The maximum absolute atomic E-state index is 10.6. The van der Waals surface area contributed by atoms with Crippen molar-refractivity contribution in [1.29, 1.82) is 0 Å². The van der Waals surface area contributed by atoms with Gasteiger partial charge >= 0.3 is 6.03 Å². The van der Waals surface area contributed by atoms with E-state index >= 15 is 0 Å². The summed E-state index contributed by atoms with van der Waals surface area (Å²) in [6.07, 6.45) is 1.10. The number of amides is 2. The highest BCUT2D eigenvalue weighted by molar-refractivity contribution is 6.32. The van der Waals surface area contributed by atoms with E-state index in [1.54, 1.807) is 0 Å². The summed E-state index contributed by atoms with van der Waals surface area (Å²) in [6, 6.07) is -0.486. The SMILES string of the molecule is NN1CC(C=NO)=NNC1=O. The number of urea groups is 1. The fraction of sp³-hybridized carbons (Fsp3) is 0.250.